The predicted molar refractivity (Wildman–Crippen MR) is 152 cm³/mol. The normalized spacial score (nSPS) is 14.7. The number of aromatic nitrogens is 4. The number of nitrogens with one attached hydrogen (secondary N) is 2. The van der Waals surface area contributed by atoms with E-state index in [1.54, 1.807) is 24.4 Å². The van der Waals surface area contributed by atoms with Crippen LogP contribution in [0.2, 0.25) is 5.02 Å². The van der Waals surface area contributed by atoms with Crippen LogP contribution in [-0.4, -0.2) is 32.4 Å². The van der Waals surface area contributed by atoms with Crippen molar-refractivity contribution in [3.05, 3.63) is 76.2 Å². The number of nitriles is 2. The van der Waals surface area contributed by atoms with Gasteiger partial charge in [0.15, 0.2) is 0 Å². The van der Waals surface area contributed by atoms with Gasteiger partial charge in [-0.25, -0.2) is 4.68 Å². The van der Waals surface area contributed by atoms with Crippen molar-refractivity contribution in [2.75, 3.05) is 17.2 Å². The van der Waals surface area contributed by atoms with Crippen LogP contribution in [0, 0.1) is 28.1 Å². The van der Waals surface area contributed by atoms with E-state index in [9.17, 15) is 15.3 Å². The molecule has 2 aromatic heterocycles. The first-order chi connectivity index (χ1) is 19.1. The molecule has 1 saturated carbocycles. The molecule has 0 unspecified atom stereocenters. The second-order valence-electron chi connectivity index (χ2n) is 11.2. The number of nitrogens with zero attached hydrogens (tertiary/aromatic N) is 6. The summed E-state index contributed by atoms with van der Waals surface area (Å²) in [4.78, 5) is 16.7. The lowest BCUT2D eigenvalue weighted by atomic mass is 9.96. The third-order valence-corrected chi connectivity index (χ3v) is 7.30. The molecule has 5 rings (SSSR count). The largest absolute Gasteiger partial charge is 0.383 e. The minimum absolute atomic E-state index is 0.0545. The maximum Gasteiger partial charge on any atom is 0.245 e. The highest BCUT2D eigenvalue weighted by Crippen LogP contribution is 2.43. The number of benzene rings is 2. The van der Waals surface area contributed by atoms with Gasteiger partial charge in [-0.15, -0.1) is 5.10 Å². The Labute approximate surface area is 236 Å². The Hall–Kier alpha value is -4.67. The van der Waals surface area contributed by atoms with E-state index in [0.717, 1.165) is 5.56 Å². The molecular formula is C29H28ClN9O. The smallest absolute Gasteiger partial charge is 0.245 e. The standard InChI is InChI=1S/C29H28ClN9O/c1-28(2,3)16-35-24-18(13-32)14-34-25-20(24)10-17(12-31)11-22(25)36-26(19-6-4-5-7-21(19)30)23-15-39(38-37-23)29(8-9-29)27(33)40/h4-7,10-11,14-15,26,36H,8-9,16H2,1-3H3,(H2,33,40)(H,34,35)/t26-/m0/s1. The van der Waals surface area contributed by atoms with Crippen molar-refractivity contribution in [1.29, 1.82) is 10.5 Å². The van der Waals surface area contributed by atoms with Crippen LogP contribution in [0.4, 0.5) is 11.4 Å². The molecule has 2 aromatic carbocycles. The number of primary amides is 1. The highest BCUT2D eigenvalue weighted by molar-refractivity contribution is 6.31. The third kappa shape index (κ3) is 5.02. The van der Waals surface area contributed by atoms with E-state index in [4.69, 9.17) is 17.3 Å². The molecule has 1 amide bonds. The summed E-state index contributed by atoms with van der Waals surface area (Å²) in [5.41, 5.74) is 8.46. The number of nitrogens with two attached hydrogens (primary N) is 1. The molecular weight excluding hydrogens is 526 g/mol. The third-order valence-electron chi connectivity index (χ3n) is 6.96. The van der Waals surface area contributed by atoms with E-state index < -0.39 is 17.5 Å². The molecule has 1 fully saturated rings. The molecule has 11 heteroatoms. The Morgan fingerprint density at radius 3 is 2.60 bits per heavy atom. The molecule has 1 aliphatic rings. The van der Waals surface area contributed by atoms with Crippen LogP contribution in [0.1, 0.15) is 62.0 Å². The van der Waals surface area contributed by atoms with Crippen molar-refractivity contribution < 1.29 is 4.79 Å². The van der Waals surface area contributed by atoms with Gasteiger partial charge in [0, 0.05) is 23.2 Å². The number of amides is 1. The summed E-state index contributed by atoms with van der Waals surface area (Å²) in [7, 11) is 0. The average molecular weight is 554 g/mol. The first-order valence-corrected chi connectivity index (χ1v) is 13.2. The average Bonchev–Trinajstić information content (AvgIpc) is 3.60. The molecule has 0 bridgehead atoms. The summed E-state index contributed by atoms with van der Waals surface area (Å²) in [6.45, 7) is 6.88. The highest BCUT2D eigenvalue weighted by atomic mass is 35.5. The lowest BCUT2D eigenvalue weighted by Crippen LogP contribution is -2.34. The maximum atomic E-state index is 12.1. The Bertz CT molecular complexity index is 1700. The van der Waals surface area contributed by atoms with Crippen LogP contribution < -0.4 is 16.4 Å². The summed E-state index contributed by atoms with van der Waals surface area (Å²) in [6.07, 6.45) is 4.42. The van der Waals surface area contributed by atoms with Gasteiger partial charge in [-0.2, -0.15) is 10.5 Å². The minimum atomic E-state index is -0.868. The van der Waals surface area contributed by atoms with Crippen molar-refractivity contribution in [1.82, 2.24) is 20.0 Å². The molecule has 0 radical (unpaired) electrons. The fraction of sp³-hybridized carbons (Fsp3) is 0.310. The van der Waals surface area contributed by atoms with Gasteiger partial charge < -0.3 is 16.4 Å². The highest BCUT2D eigenvalue weighted by Gasteiger charge is 2.52. The fourth-order valence-electron chi connectivity index (χ4n) is 4.61. The van der Waals surface area contributed by atoms with Crippen molar-refractivity contribution in [2.45, 2.75) is 45.2 Å². The lowest BCUT2D eigenvalue weighted by molar-refractivity contribution is -0.122. The van der Waals surface area contributed by atoms with Crippen molar-refractivity contribution in [3.8, 4) is 12.1 Å². The number of fused-ring (bicyclic) bond motifs is 1. The molecule has 4 N–H and O–H groups in total. The van der Waals surface area contributed by atoms with E-state index in [1.165, 1.54) is 10.9 Å². The first-order valence-electron chi connectivity index (χ1n) is 12.8. The second kappa shape index (κ2) is 10.1. The quantitative estimate of drug-likeness (QED) is 0.279. The number of hydrogen-bond acceptors (Lipinski definition) is 8. The predicted octanol–water partition coefficient (Wildman–Crippen LogP) is 4.86. The Kier molecular flexibility index (Phi) is 6.82. The van der Waals surface area contributed by atoms with Gasteiger partial charge in [-0.05, 0) is 42.0 Å². The molecule has 40 heavy (non-hydrogen) atoms. The van der Waals surface area contributed by atoms with Crippen molar-refractivity contribution in [2.24, 2.45) is 11.1 Å². The number of rotatable bonds is 8. The monoisotopic (exact) mass is 553 g/mol. The van der Waals surface area contributed by atoms with E-state index in [1.807, 2.05) is 18.2 Å². The Morgan fingerprint density at radius 2 is 1.98 bits per heavy atom. The molecule has 202 valence electrons. The van der Waals surface area contributed by atoms with Gasteiger partial charge in [0.05, 0.1) is 46.3 Å². The van der Waals surface area contributed by atoms with Gasteiger partial charge >= 0.3 is 0 Å². The van der Waals surface area contributed by atoms with Crippen LogP contribution in [-0.2, 0) is 10.3 Å². The number of halogens is 1. The summed E-state index contributed by atoms with van der Waals surface area (Å²) in [6, 6.07) is 14.6. The fourth-order valence-corrected chi connectivity index (χ4v) is 4.85. The van der Waals surface area contributed by atoms with Gasteiger partial charge in [0.25, 0.3) is 0 Å². The van der Waals surface area contributed by atoms with Crippen LogP contribution in [0.25, 0.3) is 10.9 Å². The van der Waals surface area contributed by atoms with Gasteiger partial charge in [-0.3, -0.25) is 9.78 Å². The maximum absolute atomic E-state index is 12.1. The van der Waals surface area contributed by atoms with E-state index in [-0.39, 0.29) is 5.41 Å². The molecule has 2 heterocycles. The van der Waals surface area contributed by atoms with Crippen LogP contribution in [0.15, 0.2) is 48.8 Å². The molecule has 1 atom stereocenters. The van der Waals surface area contributed by atoms with Crippen molar-refractivity contribution in [3.63, 3.8) is 0 Å². The van der Waals surface area contributed by atoms with Gasteiger partial charge in [-0.1, -0.05) is 55.8 Å². The second-order valence-corrected chi connectivity index (χ2v) is 11.6. The Balaban J connectivity index is 1.65. The topological polar surface area (TPSA) is 158 Å². The van der Waals surface area contributed by atoms with Gasteiger partial charge in [0.2, 0.25) is 5.91 Å². The molecule has 0 saturated heterocycles. The zero-order chi connectivity index (χ0) is 28.7. The van der Waals surface area contributed by atoms with E-state index in [2.05, 4.69) is 58.8 Å². The summed E-state index contributed by atoms with van der Waals surface area (Å²) >= 11 is 6.64. The van der Waals surface area contributed by atoms with Gasteiger partial charge in [0.1, 0.15) is 17.3 Å². The first kappa shape index (κ1) is 26.9. The molecule has 1 aliphatic carbocycles. The molecule has 0 spiro atoms. The lowest BCUT2D eigenvalue weighted by Gasteiger charge is -2.23. The Morgan fingerprint density at radius 1 is 1.23 bits per heavy atom. The molecule has 0 aliphatic heterocycles. The summed E-state index contributed by atoms with van der Waals surface area (Å²) in [5.74, 6) is -0.452. The molecule has 4 aromatic rings. The van der Waals surface area contributed by atoms with Crippen LogP contribution in [0.5, 0.6) is 0 Å². The number of hydrogen-bond donors (Lipinski definition) is 3. The van der Waals surface area contributed by atoms with E-state index >= 15 is 0 Å². The SMILES string of the molecule is CC(C)(C)CNc1c(C#N)cnc2c(N[C@H](c3cn(C4(C(N)=O)CC4)nn3)c3ccccc3Cl)cc(C#N)cc12. The summed E-state index contributed by atoms with van der Waals surface area (Å²) < 4.78 is 1.52. The minimum Gasteiger partial charge on any atom is -0.383 e. The number of carbonyl (C=O) groups excluding carboxylic acids is 1. The van der Waals surface area contributed by atoms with E-state index in [0.29, 0.717) is 63.5 Å². The number of pyridine rings is 1. The zero-order valence-electron chi connectivity index (χ0n) is 22.4. The number of anilines is 2. The summed E-state index contributed by atoms with van der Waals surface area (Å²) in [5, 5.41) is 36.3. The molecule has 10 nitrogen and oxygen atoms in total. The zero-order valence-corrected chi connectivity index (χ0v) is 23.1. The number of carbonyl (C=O) groups is 1. The van der Waals surface area contributed by atoms with Crippen molar-refractivity contribution >= 4 is 39.8 Å². The van der Waals surface area contributed by atoms with Crippen LogP contribution in [0.3, 0.4) is 0 Å². The van der Waals surface area contributed by atoms with Crippen LogP contribution >= 0.6 is 11.6 Å².